The maximum atomic E-state index is 13.3. The Labute approximate surface area is 187 Å². The van der Waals surface area contributed by atoms with Crippen molar-refractivity contribution >= 4 is 40.0 Å². The lowest BCUT2D eigenvalue weighted by Crippen LogP contribution is -2.30. The Bertz CT molecular complexity index is 1270. The molecule has 1 aliphatic heterocycles. The predicted molar refractivity (Wildman–Crippen MR) is 117 cm³/mol. The number of carbonyl (C=O) groups is 1. The first-order chi connectivity index (χ1) is 15.1. The zero-order chi connectivity index (χ0) is 21.4. The highest BCUT2D eigenvalue weighted by molar-refractivity contribution is 6.31. The number of pyridine rings is 1. The first kappa shape index (κ1) is 19.7. The van der Waals surface area contributed by atoms with Crippen molar-refractivity contribution in [3.05, 3.63) is 87.9 Å². The van der Waals surface area contributed by atoms with Crippen LogP contribution in [0.15, 0.2) is 65.3 Å². The molecule has 0 fully saturated rings. The first-order valence-corrected chi connectivity index (χ1v) is 10.3. The van der Waals surface area contributed by atoms with Crippen molar-refractivity contribution in [2.75, 3.05) is 6.79 Å². The van der Waals surface area contributed by atoms with Crippen LogP contribution in [-0.4, -0.2) is 22.6 Å². The van der Waals surface area contributed by atoms with Crippen LogP contribution in [0.4, 0.5) is 0 Å². The second kappa shape index (κ2) is 8.13. The van der Waals surface area contributed by atoms with E-state index in [0.29, 0.717) is 44.1 Å². The second-order valence-electron chi connectivity index (χ2n) is 7.09. The number of benzene rings is 2. The summed E-state index contributed by atoms with van der Waals surface area (Å²) < 4.78 is 16.3. The molecule has 8 heteroatoms. The molecule has 0 aliphatic carbocycles. The summed E-state index contributed by atoms with van der Waals surface area (Å²) in [4.78, 5) is 19.4. The molecule has 0 saturated carbocycles. The number of fused-ring (bicyclic) bond motifs is 2. The third-order valence-electron chi connectivity index (χ3n) is 4.98. The van der Waals surface area contributed by atoms with Crippen molar-refractivity contribution in [2.45, 2.75) is 13.1 Å². The number of hydrogen-bond donors (Lipinski definition) is 0. The van der Waals surface area contributed by atoms with E-state index < -0.39 is 0 Å². The van der Waals surface area contributed by atoms with Crippen molar-refractivity contribution in [1.29, 1.82) is 0 Å². The van der Waals surface area contributed by atoms with Crippen LogP contribution in [0, 0.1) is 0 Å². The zero-order valence-electron chi connectivity index (χ0n) is 16.2. The molecule has 2 aromatic carbocycles. The van der Waals surface area contributed by atoms with Gasteiger partial charge in [-0.2, -0.15) is 0 Å². The molecule has 156 valence electrons. The fourth-order valence-electron chi connectivity index (χ4n) is 3.49. The Kier molecular flexibility index (Phi) is 5.18. The van der Waals surface area contributed by atoms with Crippen LogP contribution in [0.2, 0.25) is 10.2 Å². The van der Waals surface area contributed by atoms with Gasteiger partial charge in [-0.05, 0) is 42.5 Å². The molecular weight excluding hydrogens is 439 g/mol. The Morgan fingerprint density at radius 3 is 2.61 bits per heavy atom. The fraction of sp³-hybridized carbons (Fsp3) is 0.130. The minimum Gasteiger partial charge on any atom is -0.467 e. The standard InChI is InChI=1S/C23H16Cl2N2O4/c24-17-4-1-3-14(8-17)23(28)27(12-18-5-2-6-29-18)11-16-7-15-9-20-21(31-13-30-20)10-19(15)26-22(16)25/h1-10H,11-13H2. The molecule has 0 unspecified atom stereocenters. The molecule has 5 rings (SSSR count). The lowest BCUT2D eigenvalue weighted by Gasteiger charge is -2.23. The van der Waals surface area contributed by atoms with Crippen LogP contribution < -0.4 is 9.47 Å². The molecule has 0 bridgehead atoms. The normalized spacial score (nSPS) is 12.3. The van der Waals surface area contributed by atoms with Gasteiger partial charge in [0.05, 0.1) is 18.3 Å². The number of rotatable bonds is 5. The molecule has 0 N–H and O–H groups in total. The average Bonchev–Trinajstić information content (AvgIpc) is 3.43. The quantitative estimate of drug-likeness (QED) is 0.361. The maximum Gasteiger partial charge on any atom is 0.254 e. The number of ether oxygens (including phenoxy) is 2. The molecular formula is C23H16Cl2N2O4. The number of hydrogen-bond acceptors (Lipinski definition) is 5. The number of halogens is 2. The Hall–Kier alpha value is -3.22. The first-order valence-electron chi connectivity index (χ1n) is 9.53. The summed E-state index contributed by atoms with van der Waals surface area (Å²) >= 11 is 12.6. The summed E-state index contributed by atoms with van der Waals surface area (Å²) in [5.74, 6) is 1.76. The molecule has 1 aliphatic rings. The van der Waals surface area contributed by atoms with Gasteiger partial charge in [0, 0.05) is 34.1 Å². The lowest BCUT2D eigenvalue weighted by molar-refractivity contribution is 0.0717. The van der Waals surface area contributed by atoms with Gasteiger partial charge in [-0.1, -0.05) is 29.3 Å². The van der Waals surface area contributed by atoms with Crippen LogP contribution in [0.1, 0.15) is 21.7 Å². The number of carbonyl (C=O) groups excluding carboxylic acids is 1. The van der Waals surface area contributed by atoms with Gasteiger partial charge in [-0.15, -0.1) is 0 Å². The fourth-order valence-corrected chi connectivity index (χ4v) is 3.89. The third-order valence-corrected chi connectivity index (χ3v) is 5.54. The van der Waals surface area contributed by atoms with Crippen LogP contribution in [-0.2, 0) is 13.1 Å². The molecule has 1 amide bonds. The molecule has 3 heterocycles. The second-order valence-corrected chi connectivity index (χ2v) is 7.88. The molecule has 4 aromatic rings. The highest BCUT2D eigenvalue weighted by Gasteiger charge is 2.21. The summed E-state index contributed by atoms with van der Waals surface area (Å²) in [6.07, 6.45) is 1.57. The average molecular weight is 455 g/mol. The van der Waals surface area contributed by atoms with Gasteiger partial charge in [0.15, 0.2) is 11.5 Å². The van der Waals surface area contributed by atoms with Crippen molar-refractivity contribution < 1.29 is 18.7 Å². The topological polar surface area (TPSA) is 64.8 Å². The summed E-state index contributed by atoms with van der Waals surface area (Å²) in [7, 11) is 0. The van der Waals surface area contributed by atoms with E-state index in [1.54, 1.807) is 47.6 Å². The Morgan fingerprint density at radius 1 is 1.00 bits per heavy atom. The van der Waals surface area contributed by atoms with E-state index in [2.05, 4.69) is 4.98 Å². The van der Waals surface area contributed by atoms with E-state index in [1.807, 2.05) is 18.2 Å². The van der Waals surface area contributed by atoms with E-state index in [1.165, 1.54) is 0 Å². The molecule has 0 spiro atoms. The van der Waals surface area contributed by atoms with Crippen LogP contribution in [0.25, 0.3) is 10.9 Å². The molecule has 0 atom stereocenters. The van der Waals surface area contributed by atoms with Crippen molar-refractivity contribution in [1.82, 2.24) is 9.88 Å². The van der Waals surface area contributed by atoms with Gasteiger partial charge in [0.25, 0.3) is 5.91 Å². The van der Waals surface area contributed by atoms with Crippen molar-refractivity contribution in [3.8, 4) is 11.5 Å². The van der Waals surface area contributed by atoms with E-state index in [4.69, 9.17) is 37.1 Å². The maximum absolute atomic E-state index is 13.3. The Balaban J connectivity index is 1.51. The van der Waals surface area contributed by atoms with Crippen molar-refractivity contribution in [3.63, 3.8) is 0 Å². The SMILES string of the molecule is O=C(c1cccc(Cl)c1)N(Cc1ccco1)Cc1cc2cc3c(cc2nc1Cl)OCO3. The van der Waals surface area contributed by atoms with E-state index >= 15 is 0 Å². The number of nitrogens with zero attached hydrogens (tertiary/aromatic N) is 2. The van der Waals surface area contributed by atoms with E-state index in [9.17, 15) is 4.79 Å². The van der Waals surface area contributed by atoms with Gasteiger partial charge >= 0.3 is 0 Å². The summed E-state index contributed by atoms with van der Waals surface area (Å²) in [6, 6.07) is 16.0. The van der Waals surface area contributed by atoms with Gasteiger partial charge in [-0.3, -0.25) is 4.79 Å². The predicted octanol–water partition coefficient (Wildman–Crippen LogP) is 5.71. The highest BCUT2D eigenvalue weighted by Crippen LogP contribution is 2.36. The third kappa shape index (κ3) is 4.04. The van der Waals surface area contributed by atoms with Crippen LogP contribution in [0.3, 0.4) is 0 Å². The van der Waals surface area contributed by atoms with Gasteiger partial charge in [0.1, 0.15) is 10.9 Å². The van der Waals surface area contributed by atoms with Crippen LogP contribution in [0.5, 0.6) is 11.5 Å². The van der Waals surface area contributed by atoms with Gasteiger partial charge < -0.3 is 18.8 Å². The van der Waals surface area contributed by atoms with E-state index in [0.717, 1.165) is 5.39 Å². The number of aromatic nitrogens is 1. The minimum absolute atomic E-state index is 0.178. The lowest BCUT2D eigenvalue weighted by atomic mass is 10.1. The molecule has 0 radical (unpaired) electrons. The van der Waals surface area contributed by atoms with Crippen molar-refractivity contribution in [2.24, 2.45) is 0 Å². The van der Waals surface area contributed by atoms with Gasteiger partial charge in [0.2, 0.25) is 6.79 Å². The molecule has 2 aromatic heterocycles. The molecule has 0 saturated heterocycles. The van der Waals surface area contributed by atoms with Gasteiger partial charge in [-0.25, -0.2) is 4.98 Å². The Morgan fingerprint density at radius 2 is 1.84 bits per heavy atom. The molecule has 6 nitrogen and oxygen atoms in total. The smallest absolute Gasteiger partial charge is 0.254 e. The zero-order valence-corrected chi connectivity index (χ0v) is 17.7. The number of furan rings is 1. The highest BCUT2D eigenvalue weighted by atomic mass is 35.5. The summed E-state index contributed by atoms with van der Waals surface area (Å²) in [6.45, 7) is 0.688. The largest absolute Gasteiger partial charge is 0.467 e. The summed E-state index contributed by atoms with van der Waals surface area (Å²) in [5, 5.41) is 1.65. The number of amides is 1. The van der Waals surface area contributed by atoms with Crippen LogP contribution >= 0.6 is 23.2 Å². The summed E-state index contributed by atoms with van der Waals surface area (Å²) in [5.41, 5.74) is 1.87. The van der Waals surface area contributed by atoms with E-state index in [-0.39, 0.29) is 25.8 Å². The molecule has 31 heavy (non-hydrogen) atoms. The minimum atomic E-state index is -0.194. The monoisotopic (exact) mass is 454 g/mol.